The summed E-state index contributed by atoms with van der Waals surface area (Å²) in [5, 5.41) is 19.2. The molecule has 1 aliphatic carbocycles. The number of likely N-dealkylation sites (tertiary alicyclic amines) is 1. The van der Waals surface area contributed by atoms with Gasteiger partial charge in [-0.05, 0) is 109 Å². The highest BCUT2D eigenvalue weighted by Gasteiger charge is 2.38. The number of phenolic OH excluding ortho intramolecular Hbond substituents is 1. The number of anilines is 1. The summed E-state index contributed by atoms with van der Waals surface area (Å²) < 4.78 is 0. The smallest absolute Gasteiger partial charge is 0.317 e. The summed E-state index contributed by atoms with van der Waals surface area (Å²) >= 11 is 0. The number of carbonyl (C=O) groups is 1. The van der Waals surface area contributed by atoms with E-state index in [1.807, 2.05) is 12.1 Å². The molecule has 2 atom stereocenters. The predicted octanol–water partition coefficient (Wildman–Crippen LogP) is 6.02. The molecule has 5 nitrogen and oxygen atoms in total. The van der Waals surface area contributed by atoms with Crippen LogP contribution in [0.4, 0.5) is 5.69 Å². The van der Waals surface area contributed by atoms with Gasteiger partial charge in [0.15, 0.2) is 0 Å². The molecule has 0 aromatic heterocycles. The van der Waals surface area contributed by atoms with Gasteiger partial charge in [-0.2, -0.15) is 0 Å². The van der Waals surface area contributed by atoms with Gasteiger partial charge in [-0.3, -0.25) is 9.69 Å². The number of benzene rings is 3. The van der Waals surface area contributed by atoms with Crippen molar-refractivity contribution in [2.45, 2.75) is 50.4 Å². The molecule has 2 saturated heterocycles. The summed E-state index contributed by atoms with van der Waals surface area (Å²) in [7, 11) is 0. The van der Waals surface area contributed by atoms with Crippen molar-refractivity contribution in [3.05, 3.63) is 95.1 Å². The molecular formula is C33H38N2O3. The molecule has 0 unspecified atom stereocenters. The van der Waals surface area contributed by atoms with Crippen molar-refractivity contribution in [1.29, 1.82) is 0 Å². The highest BCUT2D eigenvalue weighted by Crippen LogP contribution is 2.47. The number of phenols is 1. The standard InChI is InChI=1S/C33H38N2O3/c36-28-11-13-30-26(22-28)8-12-29(24-4-2-1-3-5-24)32(30)25-6-9-27(10-7-25)35-20-16-33(17-21-35)14-18-34(19-15-33)23-31(37)38/h1-7,9-11,13,22,29,32,36H,8,12,14-21,23H2,(H,37,38)/t29-,32+/m1/s1. The number of aliphatic carboxylic acids is 1. The van der Waals surface area contributed by atoms with Crippen molar-refractivity contribution in [2.75, 3.05) is 37.6 Å². The van der Waals surface area contributed by atoms with Crippen LogP contribution in [0.25, 0.3) is 0 Å². The van der Waals surface area contributed by atoms with Crippen LogP contribution in [0, 0.1) is 5.41 Å². The molecule has 2 N–H and O–H groups in total. The van der Waals surface area contributed by atoms with Crippen molar-refractivity contribution in [3.63, 3.8) is 0 Å². The highest BCUT2D eigenvalue weighted by atomic mass is 16.4. The van der Waals surface area contributed by atoms with E-state index in [2.05, 4.69) is 70.5 Å². The normalized spacial score (nSPS) is 23.2. The molecule has 2 aliphatic heterocycles. The third-order valence-electron chi connectivity index (χ3n) is 9.53. The summed E-state index contributed by atoms with van der Waals surface area (Å²) in [6, 6.07) is 26.1. The lowest BCUT2D eigenvalue weighted by atomic mass is 9.69. The molecular weight excluding hydrogens is 472 g/mol. The molecule has 0 bridgehead atoms. The number of aryl methyl sites for hydroxylation is 1. The molecule has 5 heteroatoms. The van der Waals surface area contributed by atoms with E-state index in [4.69, 9.17) is 5.11 Å². The monoisotopic (exact) mass is 510 g/mol. The first-order valence-electron chi connectivity index (χ1n) is 14.2. The number of hydrogen-bond donors (Lipinski definition) is 2. The van der Waals surface area contributed by atoms with E-state index < -0.39 is 5.97 Å². The van der Waals surface area contributed by atoms with Gasteiger partial charge in [-0.15, -0.1) is 0 Å². The van der Waals surface area contributed by atoms with Gasteiger partial charge in [0, 0.05) is 24.7 Å². The average Bonchev–Trinajstić information content (AvgIpc) is 2.94. The molecule has 38 heavy (non-hydrogen) atoms. The fraction of sp³-hybridized carbons (Fsp3) is 0.424. The average molecular weight is 511 g/mol. The number of rotatable bonds is 5. The first-order valence-corrected chi connectivity index (χ1v) is 14.2. The second-order valence-corrected chi connectivity index (χ2v) is 11.7. The maximum Gasteiger partial charge on any atom is 0.317 e. The fourth-order valence-corrected chi connectivity index (χ4v) is 7.29. The van der Waals surface area contributed by atoms with Gasteiger partial charge in [-0.25, -0.2) is 0 Å². The van der Waals surface area contributed by atoms with Crippen LogP contribution < -0.4 is 4.90 Å². The minimum Gasteiger partial charge on any atom is -0.508 e. The van der Waals surface area contributed by atoms with Crippen LogP contribution in [-0.2, 0) is 11.2 Å². The summed E-state index contributed by atoms with van der Waals surface area (Å²) in [6.07, 6.45) is 6.66. The van der Waals surface area contributed by atoms with Gasteiger partial charge in [0.25, 0.3) is 0 Å². The maximum absolute atomic E-state index is 11.1. The Morgan fingerprint density at radius 2 is 1.53 bits per heavy atom. The van der Waals surface area contributed by atoms with Crippen LogP contribution in [0.3, 0.4) is 0 Å². The maximum atomic E-state index is 11.1. The molecule has 3 aliphatic rings. The lowest BCUT2D eigenvalue weighted by Gasteiger charge is -2.47. The lowest BCUT2D eigenvalue weighted by molar-refractivity contribution is -0.139. The zero-order valence-electron chi connectivity index (χ0n) is 22.1. The molecule has 1 spiro atoms. The van der Waals surface area contributed by atoms with Gasteiger partial charge in [0.1, 0.15) is 5.75 Å². The molecule has 0 amide bonds. The number of fused-ring (bicyclic) bond motifs is 1. The first-order chi connectivity index (χ1) is 18.5. The van der Waals surface area contributed by atoms with Gasteiger partial charge in [0.2, 0.25) is 0 Å². The molecule has 6 rings (SSSR count). The highest BCUT2D eigenvalue weighted by molar-refractivity contribution is 5.69. The van der Waals surface area contributed by atoms with Crippen LogP contribution >= 0.6 is 0 Å². The Morgan fingerprint density at radius 1 is 0.842 bits per heavy atom. The Balaban J connectivity index is 1.18. The van der Waals surface area contributed by atoms with E-state index >= 15 is 0 Å². The van der Waals surface area contributed by atoms with Crippen LogP contribution in [0.2, 0.25) is 0 Å². The summed E-state index contributed by atoms with van der Waals surface area (Å²) in [4.78, 5) is 15.7. The SMILES string of the molecule is O=C(O)CN1CCC2(CC1)CCN(c1ccc([C@@H]3c4ccc(O)cc4CC[C@@H]3c3ccccc3)cc1)CC2. The Labute approximate surface area is 225 Å². The number of aromatic hydroxyl groups is 1. The molecule has 3 aromatic carbocycles. The second kappa shape index (κ2) is 10.5. The predicted molar refractivity (Wildman–Crippen MR) is 151 cm³/mol. The van der Waals surface area contributed by atoms with Crippen LogP contribution in [-0.4, -0.2) is 53.8 Å². The van der Waals surface area contributed by atoms with Gasteiger partial charge in [0.05, 0.1) is 6.54 Å². The largest absolute Gasteiger partial charge is 0.508 e. The van der Waals surface area contributed by atoms with Crippen LogP contribution in [0.5, 0.6) is 5.75 Å². The minimum absolute atomic E-state index is 0.173. The van der Waals surface area contributed by atoms with E-state index in [9.17, 15) is 9.90 Å². The molecule has 0 radical (unpaired) electrons. The first kappa shape index (κ1) is 25.0. The van der Waals surface area contributed by atoms with Gasteiger partial charge < -0.3 is 15.1 Å². The zero-order valence-corrected chi connectivity index (χ0v) is 22.1. The van der Waals surface area contributed by atoms with Crippen molar-refractivity contribution >= 4 is 11.7 Å². The second-order valence-electron chi connectivity index (χ2n) is 11.7. The minimum atomic E-state index is -0.718. The number of carboxylic acid groups (broad SMARTS) is 1. The molecule has 198 valence electrons. The van der Waals surface area contributed by atoms with Crippen molar-refractivity contribution in [1.82, 2.24) is 4.90 Å². The van der Waals surface area contributed by atoms with Crippen LogP contribution in [0.15, 0.2) is 72.8 Å². The molecule has 0 saturated carbocycles. The number of nitrogens with zero attached hydrogens (tertiary/aromatic N) is 2. The summed E-state index contributed by atoms with van der Waals surface area (Å²) in [5.74, 6) is 0.327. The van der Waals surface area contributed by atoms with Crippen molar-refractivity contribution < 1.29 is 15.0 Å². The van der Waals surface area contributed by atoms with E-state index in [0.29, 0.717) is 17.1 Å². The van der Waals surface area contributed by atoms with E-state index in [-0.39, 0.29) is 12.5 Å². The Morgan fingerprint density at radius 3 is 2.21 bits per heavy atom. The van der Waals surface area contributed by atoms with Crippen LogP contribution in [0.1, 0.15) is 66.2 Å². The lowest BCUT2D eigenvalue weighted by Crippen LogP contribution is -2.47. The fourth-order valence-electron chi connectivity index (χ4n) is 7.29. The zero-order chi connectivity index (χ0) is 26.1. The Hall–Kier alpha value is -3.31. The van der Waals surface area contributed by atoms with E-state index in [0.717, 1.165) is 51.9 Å². The summed E-state index contributed by atoms with van der Waals surface area (Å²) in [6.45, 7) is 4.12. The van der Waals surface area contributed by atoms with Crippen molar-refractivity contribution in [3.8, 4) is 5.75 Å². The van der Waals surface area contributed by atoms with Crippen molar-refractivity contribution in [2.24, 2.45) is 5.41 Å². The number of carboxylic acids is 1. The third-order valence-corrected chi connectivity index (χ3v) is 9.53. The molecule has 2 heterocycles. The Kier molecular flexibility index (Phi) is 6.87. The quantitative estimate of drug-likeness (QED) is 0.439. The molecule has 2 fully saturated rings. The van der Waals surface area contributed by atoms with Gasteiger partial charge >= 0.3 is 5.97 Å². The van der Waals surface area contributed by atoms with E-state index in [1.165, 1.54) is 40.8 Å². The number of hydrogen-bond acceptors (Lipinski definition) is 4. The molecule has 3 aromatic rings. The third kappa shape index (κ3) is 5.04. The van der Waals surface area contributed by atoms with E-state index in [1.54, 1.807) is 0 Å². The Bertz CT molecular complexity index is 1260. The topological polar surface area (TPSA) is 64.0 Å². The summed E-state index contributed by atoms with van der Waals surface area (Å²) in [5.41, 5.74) is 7.01. The van der Waals surface area contributed by atoms with Gasteiger partial charge in [-0.1, -0.05) is 48.5 Å². The number of piperidine rings is 2.